The molecule has 0 amide bonds. The number of imidazole rings is 1. The fourth-order valence-corrected chi connectivity index (χ4v) is 4.89. The average molecular weight is 508 g/mol. The SMILES string of the molecule is Clc1ccc(-c2nc3c(NC4CCNCC4)ncnc3n2-c2ccc(Cl)cc2Cl)c(Cl)c1. The smallest absolute Gasteiger partial charge is 0.170 e. The second-order valence-electron chi connectivity index (χ2n) is 7.55. The first-order chi connectivity index (χ1) is 15.5. The molecule has 0 spiro atoms. The van der Waals surface area contributed by atoms with E-state index in [4.69, 9.17) is 51.4 Å². The molecule has 2 N–H and O–H groups in total. The predicted octanol–water partition coefficient (Wildman–Crippen LogP) is 6.26. The lowest BCUT2D eigenvalue weighted by Crippen LogP contribution is -2.35. The van der Waals surface area contributed by atoms with Crippen LogP contribution >= 0.6 is 46.4 Å². The van der Waals surface area contributed by atoms with Crippen molar-refractivity contribution in [3.63, 3.8) is 0 Å². The molecule has 1 aliphatic rings. The molecule has 2 aromatic carbocycles. The van der Waals surface area contributed by atoms with E-state index in [0.717, 1.165) is 25.9 Å². The summed E-state index contributed by atoms with van der Waals surface area (Å²) in [6, 6.07) is 10.9. The van der Waals surface area contributed by atoms with Gasteiger partial charge in [-0.2, -0.15) is 0 Å². The Hall–Kier alpha value is -2.09. The number of rotatable bonds is 4. The van der Waals surface area contributed by atoms with Crippen molar-refractivity contribution in [2.75, 3.05) is 18.4 Å². The summed E-state index contributed by atoms with van der Waals surface area (Å²) in [4.78, 5) is 14.0. The number of aromatic nitrogens is 4. The van der Waals surface area contributed by atoms with E-state index >= 15 is 0 Å². The minimum Gasteiger partial charge on any atom is -0.365 e. The second-order valence-corrected chi connectivity index (χ2v) is 9.24. The minimum atomic E-state index is 0.307. The maximum Gasteiger partial charge on any atom is 0.170 e. The van der Waals surface area contributed by atoms with Crippen molar-refractivity contribution in [2.45, 2.75) is 18.9 Å². The van der Waals surface area contributed by atoms with Gasteiger partial charge in [0.2, 0.25) is 0 Å². The summed E-state index contributed by atoms with van der Waals surface area (Å²) < 4.78 is 1.87. The molecule has 1 fully saturated rings. The summed E-state index contributed by atoms with van der Waals surface area (Å²) in [5.41, 5.74) is 2.64. The minimum absolute atomic E-state index is 0.307. The van der Waals surface area contributed by atoms with Crippen molar-refractivity contribution in [3.05, 3.63) is 62.8 Å². The van der Waals surface area contributed by atoms with Gasteiger partial charge in [0.1, 0.15) is 12.2 Å². The highest BCUT2D eigenvalue weighted by atomic mass is 35.5. The molecule has 1 aliphatic heterocycles. The molecule has 1 saturated heterocycles. The lowest BCUT2D eigenvalue weighted by Gasteiger charge is -2.24. The third-order valence-electron chi connectivity index (χ3n) is 5.45. The predicted molar refractivity (Wildman–Crippen MR) is 132 cm³/mol. The topological polar surface area (TPSA) is 67.7 Å². The van der Waals surface area contributed by atoms with Gasteiger partial charge in [0.25, 0.3) is 0 Å². The molecular formula is C22H18Cl4N6. The number of nitrogens with one attached hydrogen (secondary N) is 2. The molecule has 4 aromatic rings. The Morgan fingerprint density at radius 1 is 0.906 bits per heavy atom. The number of hydrogen-bond donors (Lipinski definition) is 2. The zero-order valence-electron chi connectivity index (χ0n) is 16.7. The van der Waals surface area contributed by atoms with Crippen molar-refractivity contribution < 1.29 is 0 Å². The first kappa shape index (κ1) is 21.7. The molecule has 5 rings (SSSR count). The number of fused-ring (bicyclic) bond motifs is 1. The van der Waals surface area contributed by atoms with Crippen molar-refractivity contribution in [3.8, 4) is 17.1 Å². The lowest BCUT2D eigenvalue weighted by molar-refractivity contribution is 0.478. The molecule has 0 radical (unpaired) electrons. The Morgan fingerprint density at radius 2 is 1.62 bits per heavy atom. The zero-order chi connectivity index (χ0) is 22.2. The van der Waals surface area contributed by atoms with Gasteiger partial charge in [-0.15, -0.1) is 0 Å². The molecule has 6 nitrogen and oxygen atoms in total. The Bertz CT molecular complexity index is 1300. The van der Waals surface area contributed by atoms with Gasteiger partial charge in [-0.3, -0.25) is 4.57 Å². The number of nitrogens with zero attached hydrogens (tertiary/aromatic N) is 4. The van der Waals surface area contributed by atoms with E-state index in [2.05, 4.69) is 20.6 Å². The van der Waals surface area contributed by atoms with Gasteiger partial charge >= 0.3 is 0 Å². The van der Waals surface area contributed by atoms with Crippen LogP contribution in [0.3, 0.4) is 0 Å². The largest absolute Gasteiger partial charge is 0.365 e. The molecule has 3 heterocycles. The van der Waals surface area contributed by atoms with Crippen LogP contribution in [0.5, 0.6) is 0 Å². The monoisotopic (exact) mass is 506 g/mol. The molecule has 0 unspecified atom stereocenters. The lowest BCUT2D eigenvalue weighted by atomic mass is 10.1. The Morgan fingerprint density at radius 3 is 2.34 bits per heavy atom. The van der Waals surface area contributed by atoms with Gasteiger partial charge in [-0.25, -0.2) is 15.0 Å². The van der Waals surface area contributed by atoms with Gasteiger partial charge in [-0.05, 0) is 62.3 Å². The number of halogens is 4. The summed E-state index contributed by atoms with van der Waals surface area (Å²) in [5.74, 6) is 1.26. The summed E-state index contributed by atoms with van der Waals surface area (Å²) in [6.07, 6.45) is 3.54. The fourth-order valence-electron chi connectivity index (χ4n) is 3.90. The number of benzene rings is 2. The van der Waals surface area contributed by atoms with E-state index in [9.17, 15) is 0 Å². The van der Waals surface area contributed by atoms with E-state index in [1.807, 2.05) is 16.7 Å². The van der Waals surface area contributed by atoms with Crippen LogP contribution < -0.4 is 10.6 Å². The maximum absolute atomic E-state index is 6.59. The number of anilines is 1. The van der Waals surface area contributed by atoms with E-state index in [-0.39, 0.29) is 0 Å². The third kappa shape index (κ3) is 4.14. The molecular weight excluding hydrogens is 490 g/mol. The average Bonchev–Trinajstić information content (AvgIpc) is 3.15. The molecule has 0 bridgehead atoms. The van der Waals surface area contributed by atoms with Gasteiger partial charge < -0.3 is 10.6 Å². The van der Waals surface area contributed by atoms with Crippen LogP contribution in [0.25, 0.3) is 28.2 Å². The number of piperidine rings is 1. The van der Waals surface area contributed by atoms with Crippen LogP contribution in [-0.2, 0) is 0 Å². The molecule has 0 aliphatic carbocycles. The highest BCUT2D eigenvalue weighted by molar-refractivity contribution is 6.37. The van der Waals surface area contributed by atoms with Crippen LogP contribution in [0.15, 0.2) is 42.7 Å². The molecule has 0 atom stereocenters. The Labute approximate surface area is 204 Å². The quantitative estimate of drug-likeness (QED) is 0.341. The molecule has 164 valence electrons. The Balaban J connectivity index is 1.74. The van der Waals surface area contributed by atoms with E-state index < -0.39 is 0 Å². The summed E-state index contributed by atoms with van der Waals surface area (Å²) >= 11 is 25.4. The maximum atomic E-state index is 6.59. The fraction of sp³-hybridized carbons (Fsp3) is 0.227. The zero-order valence-corrected chi connectivity index (χ0v) is 19.8. The highest BCUT2D eigenvalue weighted by Gasteiger charge is 2.23. The molecule has 2 aromatic heterocycles. The van der Waals surface area contributed by atoms with Gasteiger partial charge in [0.15, 0.2) is 17.0 Å². The van der Waals surface area contributed by atoms with Crippen molar-refractivity contribution in [2.24, 2.45) is 0 Å². The summed E-state index contributed by atoms with van der Waals surface area (Å²) in [6.45, 7) is 1.93. The summed E-state index contributed by atoms with van der Waals surface area (Å²) in [5, 5.41) is 8.93. The van der Waals surface area contributed by atoms with Crippen LogP contribution in [0.4, 0.5) is 5.82 Å². The van der Waals surface area contributed by atoms with Crippen molar-refractivity contribution in [1.29, 1.82) is 0 Å². The first-order valence-corrected chi connectivity index (χ1v) is 11.6. The van der Waals surface area contributed by atoms with Gasteiger partial charge in [0, 0.05) is 21.7 Å². The van der Waals surface area contributed by atoms with Gasteiger partial charge in [-0.1, -0.05) is 46.4 Å². The van der Waals surface area contributed by atoms with E-state index in [1.165, 1.54) is 6.33 Å². The van der Waals surface area contributed by atoms with Crippen molar-refractivity contribution >= 4 is 63.4 Å². The van der Waals surface area contributed by atoms with Crippen LogP contribution in [0.2, 0.25) is 20.1 Å². The molecule has 10 heteroatoms. The molecule has 0 saturated carbocycles. The Kier molecular flexibility index (Phi) is 6.14. The summed E-state index contributed by atoms with van der Waals surface area (Å²) in [7, 11) is 0. The molecule has 32 heavy (non-hydrogen) atoms. The van der Waals surface area contributed by atoms with Crippen LogP contribution in [-0.4, -0.2) is 38.7 Å². The third-order valence-corrected chi connectivity index (χ3v) is 6.53. The van der Waals surface area contributed by atoms with Crippen LogP contribution in [0, 0.1) is 0 Å². The highest BCUT2D eigenvalue weighted by Crippen LogP contribution is 2.37. The number of hydrogen-bond acceptors (Lipinski definition) is 5. The van der Waals surface area contributed by atoms with E-state index in [1.54, 1.807) is 24.3 Å². The van der Waals surface area contributed by atoms with Gasteiger partial charge in [0.05, 0.1) is 15.7 Å². The standard InChI is InChI=1S/C22H18Cl4N6/c23-12-1-3-15(16(25)9-12)21-31-19-20(30-14-5-7-27-8-6-14)28-11-29-22(19)32(21)18-4-2-13(24)10-17(18)26/h1-4,9-11,14,27H,5-8H2,(H,28,29,30). The van der Waals surface area contributed by atoms with Crippen molar-refractivity contribution in [1.82, 2.24) is 24.8 Å². The van der Waals surface area contributed by atoms with E-state index in [0.29, 0.717) is 60.2 Å². The first-order valence-electron chi connectivity index (χ1n) is 10.1. The second kappa shape index (κ2) is 9.04. The normalized spacial score (nSPS) is 14.8. The van der Waals surface area contributed by atoms with Crippen LogP contribution in [0.1, 0.15) is 12.8 Å².